The average molecular weight is 242 g/mol. The Morgan fingerprint density at radius 1 is 1.45 bits per heavy atom. The van der Waals surface area contributed by atoms with Gasteiger partial charge in [0.25, 0.3) is 0 Å². The van der Waals surface area contributed by atoms with E-state index in [1.165, 1.54) is 11.8 Å². The molecule has 0 spiro atoms. The molecule has 0 amide bonds. The van der Waals surface area contributed by atoms with E-state index in [2.05, 4.69) is 13.2 Å². The standard InChI is InChI=1S/C7H8NS.CH3.Y/c1-5-6(2)9-7(3)8(5)4;;/h2H,1,3H2,4H3;1H3;/q2*-1;. The summed E-state index contributed by atoms with van der Waals surface area (Å²) >= 11 is 1.46. The van der Waals surface area contributed by atoms with Crippen LogP contribution in [0.15, 0.2) is 28.8 Å². The summed E-state index contributed by atoms with van der Waals surface area (Å²) in [6.07, 6.45) is 0. The van der Waals surface area contributed by atoms with Crippen molar-refractivity contribution >= 4 is 11.8 Å². The van der Waals surface area contributed by atoms with E-state index in [-0.39, 0.29) is 40.1 Å². The maximum Gasteiger partial charge on any atom is 0.0533 e. The molecule has 0 aromatic heterocycles. The Morgan fingerprint density at radius 2 is 1.91 bits per heavy atom. The van der Waals surface area contributed by atoms with E-state index >= 15 is 0 Å². The Bertz CT molecular complexity index is 198. The molecule has 1 fully saturated rings. The maximum absolute atomic E-state index is 5.54. The number of nitrogens with zero attached hydrogens (tertiary/aromatic N) is 1. The number of hydrogen-bond donors (Lipinski definition) is 0. The molecule has 0 bridgehead atoms. The van der Waals surface area contributed by atoms with Gasteiger partial charge in [-0.05, 0) is 7.05 Å². The second-order valence-electron chi connectivity index (χ2n) is 1.87. The van der Waals surface area contributed by atoms with Crippen molar-refractivity contribution in [1.82, 2.24) is 4.90 Å². The second kappa shape index (κ2) is 5.18. The summed E-state index contributed by atoms with van der Waals surface area (Å²) in [7, 11) is 1.90. The molecule has 1 radical (unpaired) electrons. The quantitative estimate of drug-likeness (QED) is 0.600. The van der Waals surface area contributed by atoms with Crippen molar-refractivity contribution in [1.29, 1.82) is 0 Å². The molecule has 1 nitrogen and oxygen atoms in total. The van der Waals surface area contributed by atoms with Crippen molar-refractivity contribution in [3.63, 3.8) is 0 Å². The monoisotopic (exact) mass is 242 g/mol. The van der Waals surface area contributed by atoms with Crippen LogP contribution in [-0.4, -0.2) is 11.9 Å². The van der Waals surface area contributed by atoms with Crippen LogP contribution < -0.4 is 0 Å². The Kier molecular flexibility index (Phi) is 6.60. The summed E-state index contributed by atoms with van der Waals surface area (Å²) in [6, 6.07) is 0. The first kappa shape index (κ1) is 14.0. The van der Waals surface area contributed by atoms with Crippen LogP contribution in [0.1, 0.15) is 0 Å². The first-order valence-corrected chi connectivity index (χ1v) is 3.36. The molecule has 3 heteroatoms. The van der Waals surface area contributed by atoms with Gasteiger partial charge in [-0.1, -0.05) is 6.58 Å². The Labute approximate surface area is 98.5 Å². The molecule has 0 aromatic rings. The fourth-order valence-corrected chi connectivity index (χ4v) is 1.33. The molecular weight excluding hydrogens is 231 g/mol. The van der Waals surface area contributed by atoms with Crippen LogP contribution in [0.25, 0.3) is 0 Å². The van der Waals surface area contributed by atoms with Gasteiger partial charge >= 0.3 is 0 Å². The van der Waals surface area contributed by atoms with Crippen LogP contribution in [0.4, 0.5) is 0 Å². The predicted molar refractivity (Wildman–Crippen MR) is 47.9 cm³/mol. The van der Waals surface area contributed by atoms with Crippen LogP contribution in [0.2, 0.25) is 0 Å². The third-order valence-corrected chi connectivity index (χ3v) is 2.26. The van der Waals surface area contributed by atoms with E-state index in [0.29, 0.717) is 0 Å². The fourth-order valence-electron chi connectivity index (χ4n) is 0.570. The van der Waals surface area contributed by atoms with Gasteiger partial charge < -0.3 is 12.3 Å². The molecule has 1 aliphatic rings. The minimum Gasteiger partial charge on any atom is -0.418 e. The van der Waals surface area contributed by atoms with Crippen LogP contribution in [0.3, 0.4) is 0 Å². The molecule has 1 aliphatic heterocycles. The van der Waals surface area contributed by atoms with Gasteiger partial charge in [0.15, 0.2) is 0 Å². The molecule has 0 atom stereocenters. The van der Waals surface area contributed by atoms with Gasteiger partial charge in [-0.3, -0.25) is 6.58 Å². The van der Waals surface area contributed by atoms with Crippen LogP contribution in [-0.2, 0) is 32.7 Å². The number of thioether (sulfide) groups is 1. The zero-order valence-electron chi connectivity index (χ0n) is 6.92. The van der Waals surface area contributed by atoms with Gasteiger partial charge in [0, 0.05) is 32.7 Å². The molecule has 11 heavy (non-hydrogen) atoms. The van der Waals surface area contributed by atoms with Crippen molar-refractivity contribution in [3.8, 4) is 0 Å². The molecule has 1 rings (SSSR count). The van der Waals surface area contributed by atoms with Gasteiger partial charge in [-0.25, -0.2) is 0 Å². The van der Waals surface area contributed by atoms with Crippen molar-refractivity contribution in [2.24, 2.45) is 0 Å². The summed E-state index contributed by atoms with van der Waals surface area (Å²) < 4.78 is 0. The second-order valence-corrected chi connectivity index (χ2v) is 2.98. The van der Waals surface area contributed by atoms with E-state index in [1.807, 2.05) is 11.9 Å². The predicted octanol–water partition coefficient (Wildman–Crippen LogP) is 2.41. The van der Waals surface area contributed by atoms with E-state index in [0.717, 1.165) is 15.6 Å². The number of rotatable bonds is 0. The fraction of sp³-hybridized carbons (Fsp3) is 0.125. The maximum atomic E-state index is 5.54. The Morgan fingerprint density at radius 3 is 2.00 bits per heavy atom. The molecule has 0 N–H and O–H groups in total. The third-order valence-electron chi connectivity index (χ3n) is 1.29. The normalized spacial score (nSPS) is 16.1. The van der Waals surface area contributed by atoms with Gasteiger partial charge in [0.1, 0.15) is 0 Å². The molecule has 0 aliphatic carbocycles. The zero-order chi connectivity index (χ0) is 7.02. The minimum atomic E-state index is 0. The molecule has 0 saturated carbocycles. The van der Waals surface area contributed by atoms with E-state index in [1.54, 1.807) is 0 Å². The van der Waals surface area contributed by atoms with Gasteiger partial charge in [-0.2, -0.15) is 6.58 Å². The Hall–Kier alpha value is 0.474. The zero-order valence-corrected chi connectivity index (χ0v) is 10.6. The van der Waals surface area contributed by atoms with Crippen molar-refractivity contribution in [2.45, 2.75) is 0 Å². The average Bonchev–Trinajstić information content (AvgIpc) is 1.98. The van der Waals surface area contributed by atoms with Crippen LogP contribution in [0.5, 0.6) is 0 Å². The van der Waals surface area contributed by atoms with Crippen molar-refractivity contribution < 1.29 is 32.7 Å². The first-order valence-electron chi connectivity index (χ1n) is 2.55. The largest absolute Gasteiger partial charge is 0.418 e. The number of hydrogen-bond acceptors (Lipinski definition) is 2. The van der Waals surface area contributed by atoms with Crippen LogP contribution in [0, 0.1) is 14.0 Å². The topological polar surface area (TPSA) is 3.24 Å². The summed E-state index contributed by atoms with van der Waals surface area (Å²) in [5.74, 6) is 0. The SMILES string of the molecule is [CH-]=C1SC(=C)N(C)C1=C.[CH3-].[Y]. The minimum absolute atomic E-state index is 0. The van der Waals surface area contributed by atoms with Gasteiger partial charge in [0.05, 0.1) is 5.03 Å². The van der Waals surface area contributed by atoms with Crippen molar-refractivity contribution in [2.75, 3.05) is 7.05 Å². The Balaban J connectivity index is 0. The molecular formula is C8H11NSY-2. The van der Waals surface area contributed by atoms with E-state index < -0.39 is 0 Å². The molecule has 1 heterocycles. The molecule has 0 aromatic carbocycles. The van der Waals surface area contributed by atoms with Gasteiger partial charge in [0.2, 0.25) is 0 Å². The first-order chi connectivity index (χ1) is 4.13. The molecule has 59 valence electrons. The van der Waals surface area contributed by atoms with E-state index in [4.69, 9.17) is 6.58 Å². The van der Waals surface area contributed by atoms with E-state index in [9.17, 15) is 0 Å². The summed E-state index contributed by atoms with van der Waals surface area (Å²) in [6.45, 7) is 13.0. The molecule has 0 unspecified atom stereocenters. The third kappa shape index (κ3) is 2.77. The smallest absolute Gasteiger partial charge is 0.0533 e. The summed E-state index contributed by atoms with van der Waals surface area (Å²) in [5, 5.41) is 0.942. The van der Waals surface area contributed by atoms with Gasteiger partial charge in [-0.15, -0.1) is 22.4 Å². The summed E-state index contributed by atoms with van der Waals surface area (Å²) in [5.41, 5.74) is 0.852. The van der Waals surface area contributed by atoms with Crippen LogP contribution >= 0.6 is 11.8 Å². The summed E-state index contributed by atoms with van der Waals surface area (Å²) in [4.78, 5) is 2.63. The number of likely N-dealkylation sites (N-methyl/N-ethyl adjacent to an activating group) is 1. The molecule has 1 saturated heterocycles. The van der Waals surface area contributed by atoms with Crippen molar-refractivity contribution in [3.05, 3.63) is 42.8 Å².